The highest BCUT2D eigenvalue weighted by Gasteiger charge is 2.68. The van der Waals surface area contributed by atoms with Gasteiger partial charge in [-0.15, -0.1) is 0 Å². The second-order valence-corrected chi connectivity index (χ2v) is 12.7. The molecule has 2 heteroatoms. The molecule has 0 radical (unpaired) electrons. The Bertz CT molecular complexity index is 1880. The smallest absolute Gasteiger partial charge is 0.119 e. The summed E-state index contributed by atoms with van der Waals surface area (Å²) in [5.41, 5.74) is 10.3. The van der Waals surface area contributed by atoms with E-state index in [2.05, 4.69) is 195 Å². The monoisotopic (exact) mass is 625 g/mol. The number of allylic oxidation sites excluding steroid dienone is 1. The van der Waals surface area contributed by atoms with Gasteiger partial charge in [-0.2, -0.15) is 0 Å². The molecule has 0 N–H and O–H groups in total. The van der Waals surface area contributed by atoms with Gasteiger partial charge in [0.2, 0.25) is 0 Å². The second-order valence-electron chi connectivity index (χ2n) is 12.7. The van der Waals surface area contributed by atoms with E-state index in [1.807, 2.05) is 0 Å². The van der Waals surface area contributed by atoms with E-state index in [1.165, 1.54) is 44.5 Å². The van der Waals surface area contributed by atoms with Gasteiger partial charge in [-0.3, -0.25) is 4.90 Å². The first-order chi connectivity index (χ1) is 23.7. The number of hydrogen-bond donors (Lipinski definition) is 0. The van der Waals surface area contributed by atoms with E-state index in [9.17, 15) is 0 Å². The van der Waals surface area contributed by atoms with Gasteiger partial charge in [0.25, 0.3) is 0 Å². The standard InChI is InChI=1S/C46H43NO/c1-3-42(35-19-9-4-10-20-35)43(36-21-11-5-12-22-36)37-29-31-41(32-30-37)48-34-33-47(2)45-44(38-23-13-6-14-24-38)46(45,39-25-15-7-16-26-39)40-27-17-8-18-28-40/h4-32,44-45H,3,33-34H2,1-2H3. The molecule has 6 aromatic rings. The summed E-state index contributed by atoms with van der Waals surface area (Å²) in [6.45, 7) is 3.67. The number of hydrogen-bond acceptors (Lipinski definition) is 2. The molecule has 238 valence electrons. The molecule has 1 aliphatic carbocycles. The van der Waals surface area contributed by atoms with Gasteiger partial charge in [0.15, 0.2) is 0 Å². The second kappa shape index (κ2) is 14.3. The van der Waals surface area contributed by atoms with Crippen LogP contribution in [0.2, 0.25) is 0 Å². The predicted molar refractivity (Wildman–Crippen MR) is 200 cm³/mol. The minimum absolute atomic E-state index is 0.129. The molecule has 1 aliphatic rings. The van der Waals surface area contributed by atoms with Crippen molar-refractivity contribution in [2.75, 3.05) is 20.2 Å². The van der Waals surface area contributed by atoms with Gasteiger partial charge >= 0.3 is 0 Å². The fourth-order valence-electron chi connectivity index (χ4n) is 7.82. The van der Waals surface area contributed by atoms with Crippen LogP contribution in [-0.4, -0.2) is 31.1 Å². The molecule has 1 saturated carbocycles. The highest BCUT2D eigenvalue weighted by Crippen LogP contribution is 2.66. The highest BCUT2D eigenvalue weighted by atomic mass is 16.5. The molecule has 6 aromatic carbocycles. The molecule has 2 unspecified atom stereocenters. The zero-order valence-corrected chi connectivity index (χ0v) is 27.9. The zero-order chi connectivity index (χ0) is 32.8. The van der Waals surface area contributed by atoms with Crippen molar-refractivity contribution in [1.29, 1.82) is 0 Å². The van der Waals surface area contributed by atoms with Crippen molar-refractivity contribution in [3.8, 4) is 5.75 Å². The lowest BCUT2D eigenvalue weighted by molar-refractivity contribution is 0.223. The Balaban J connectivity index is 1.12. The van der Waals surface area contributed by atoms with Gasteiger partial charge in [-0.05, 0) is 70.1 Å². The van der Waals surface area contributed by atoms with E-state index in [-0.39, 0.29) is 5.41 Å². The molecule has 2 nitrogen and oxygen atoms in total. The summed E-state index contributed by atoms with van der Waals surface area (Å²) in [7, 11) is 2.26. The normalized spacial score (nSPS) is 17.1. The molecule has 48 heavy (non-hydrogen) atoms. The van der Waals surface area contributed by atoms with E-state index < -0.39 is 0 Å². The average molecular weight is 626 g/mol. The molecule has 1 fully saturated rings. The fraction of sp³-hybridized carbons (Fsp3) is 0.174. The van der Waals surface area contributed by atoms with Crippen molar-refractivity contribution in [1.82, 2.24) is 4.90 Å². The van der Waals surface area contributed by atoms with Crippen molar-refractivity contribution >= 4 is 11.1 Å². The first-order valence-corrected chi connectivity index (χ1v) is 17.1. The Labute approximate surface area is 286 Å². The van der Waals surface area contributed by atoms with Crippen molar-refractivity contribution < 1.29 is 4.74 Å². The van der Waals surface area contributed by atoms with Crippen LogP contribution in [0.15, 0.2) is 176 Å². The van der Waals surface area contributed by atoms with Crippen molar-refractivity contribution in [3.63, 3.8) is 0 Å². The van der Waals surface area contributed by atoms with Crippen molar-refractivity contribution in [3.05, 3.63) is 209 Å². The Morgan fingerprint density at radius 3 is 1.54 bits per heavy atom. The van der Waals surface area contributed by atoms with E-state index in [1.54, 1.807) is 0 Å². The molecule has 0 heterocycles. The lowest BCUT2D eigenvalue weighted by Crippen LogP contribution is -2.32. The number of likely N-dealkylation sites (N-methyl/N-ethyl adjacent to an activating group) is 1. The minimum atomic E-state index is -0.129. The average Bonchev–Trinajstić information content (AvgIpc) is 3.87. The quantitative estimate of drug-likeness (QED) is 0.126. The third kappa shape index (κ3) is 6.12. The summed E-state index contributed by atoms with van der Waals surface area (Å²) in [4.78, 5) is 2.51. The fourth-order valence-corrected chi connectivity index (χ4v) is 7.82. The van der Waals surface area contributed by atoms with Crippen LogP contribution in [0.1, 0.15) is 52.6 Å². The molecular formula is C46H43NO. The maximum absolute atomic E-state index is 6.43. The van der Waals surface area contributed by atoms with Gasteiger partial charge in [0, 0.05) is 23.9 Å². The molecule has 7 rings (SSSR count). The Morgan fingerprint density at radius 2 is 1.02 bits per heavy atom. The first kappa shape index (κ1) is 31.4. The summed E-state index contributed by atoms with van der Waals surface area (Å²) >= 11 is 0. The SMILES string of the molecule is CCC(=C(c1ccccc1)c1ccc(OCCN(C)C2C(c3ccccc3)C2(c2ccccc2)c2ccccc2)cc1)c1ccccc1. The van der Waals surface area contributed by atoms with Crippen molar-refractivity contribution in [2.45, 2.75) is 30.7 Å². The van der Waals surface area contributed by atoms with Gasteiger partial charge in [-0.25, -0.2) is 0 Å². The van der Waals surface area contributed by atoms with Gasteiger partial charge in [0.05, 0.1) is 0 Å². The number of nitrogens with zero attached hydrogens (tertiary/aromatic N) is 1. The first-order valence-electron chi connectivity index (χ1n) is 17.1. The van der Waals surface area contributed by atoms with Gasteiger partial charge in [-0.1, -0.05) is 171 Å². The summed E-state index contributed by atoms with van der Waals surface area (Å²) in [5.74, 6) is 1.23. The number of ether oxygens (including phenoxy) is 1. The van der Waals surface area contributed by atoms with Crippen molar-refractivity contribution in [2.24, 2.45) is 0 Å². The molecule has 0 aliphatic heterocycles. The van der Waals surface area contributed by atoms with E-state index in [0.29, 0.717) is 18.6 Å². The topological polar surface area (TPSA) is 12.5 Å². The van der Waals surface area contributed by atoms with Crippen LogP contribution >= 0.6 is 0 Å². The van der Waals surface area contributed by atoms with Gasteiger partial charge in [0.1, 0.15) is 12.4 Å². The molecule has 2 atom stereocenters. The summed E-state index contributed by atoms with van der Waals surface area (Å²) in [6.07, 6.45) is 0.942. The molecular weight excluding hydrogens is 583 g/mol. The highest BCUT2D eigenvalue weighted by molar-refractivity contribution is 5.98. The number of rotatable bonds is 12. The third-order valence-corrected chi connectivity index (χ3v) is 10.00. The Hall–Kier alpha value is -5.18. The summed E-state index contributed by atoms with van der Waals surface area (Å²) < 4.78 is 6.43. The largest absolute Gasteiger partial charge is 0.492 e. The van der Waals surface area contributed by atoms with E-state index in [4.69, 9.17) is 4.74 Å². The maximum Gasteiger partial charge on any atom is 0.119 e. The van der Waals surface area contributed by atoms with Crippen LogP contribution in [0.4, 0.5) is 0 Å². The Morgan fingerprint density at radius 1 is 0.562 bits per heavy atom. The summed E-state index contributed by atoms with van der Waals surface area (Å²) in [6, 6.07) is 63.6. The van der Waals surface area contributed by atoms with E-state index in [0.717, 1.165) is 18.7 Å². The number of benzene rings is 6. The molecule has 0 spiro atoms. The minimum Gasteiger partial charge on any atom is -0.492 e. The lowest BCUT2D eigenvalue weighted by Gasteiger charge is -2.24. The van der Waals surface area contributed by atoms with Crippen LogP contribution in [0.25, 0.3) is 11.1 Å². The predicted octanol–water partition coefficient (Wildman–Crippen LogP) is 10.5. The van der Waals surface area contributed by atoms with Crippen LogP contribution in [0.3, 0.4) is 0 Å². The third-order valence-electron chi connectivity index (χ3n) is 10.00. The molecule has 0 saturated heterocycles. The lowest BCUT2D eigenvalue weighted by atomic mass is 9.83. The van der Waals surface area contributed by atoms with E-state index >= 15 is 0 Å². The summed E-state index contributed by atoms with van der Waals surface area (Å²) in [5, 5.41) is 0. The molecule has 0 amide bonds. The van der Waals surface area contributed by atoms with Crippen LogP contribution in [0, 0.1) is 0 Å². The Kier molecular flexibility index (Phi) is 9.36. The molecule has 0 bridgehead atoms. The van der Waals surface area contributed by atoms with Gasteiger partial charge < -0.3 is 4.74 Å². The van der Waals surface area contributed by atoms with Crippen LogP contribution in [-0.2, 0) is 5.41 Å². The maximum atomic E-state index is 6.43. The molecule has 0 aromatic heterocycles. The van der Waals surface area contributed by atoms with Crippen LogP contribution < -0.4 is 4.74 Å². The van der Waals surface area contributed by atoms with Crippen LogP contribution in [0.5, 0.6) is 5.75 Å². The zero-order valence-electron chi connectivity index (χ0n) is 27.9.